The maximum absolute atomic E-state index is 8.88. The van der Waals surface area contributed by atoms with E-state index in [0.29, 0.717) is 22.2 Å². The van der Waals surface area contributed by atoms with Gasteiger partial charge in [0.25, 0.3) is 0 Å². The third-order valence-electron chi connectivity index (χ3n) is 6.78. The molecule has 1 unspecified atom stereocenters. The first-order valence-electron chi connectivity index (χ1n) is 13.8. The standard InChI is InChI=1S/C29H40N6O4S/c1-3-5-6-26(39-24-13-9-22(10-14-24)28(30)33-36)38-23-11-7-21(8-12-23)27-25(40-29(31)32-27)15-16-34(4-2)35-17-19-37-20-18-35/h7-14,26,36H,3-6,15-20H2,1-2H3,(H2,30,33)(H2,31,32). The van der Waals surface area contributed by atoms with Crippen molar-refractivity contribution >= 4 is 22.3 Å². The molecule has 40 heavy (non-hydrogen) atoms. The molecular formula is C29H40N6O4S. The summed E-state index contributed by atoms with van der Waals surface area (Å²) in [5.74, 6) is 1.41. The number of nitrogens with two attached hydrogens (primary N) is 2. The molecule has 11 heteroatoms. The minimum Gasteiger partial charge on any atom is -0.455 e. The summed E-state index contributed by atoms with van der Waals surface area (Å²) < 4.78 is 17.9. The predicted molar refractivity (Wildman–Crippen MR) is 159 cm³/mol. The molecule has 0 aliphatic carbocycles. The predicted octanol–water partition coefficient (Wildman–Crippen LogP) is 4.57. The van der Waals surface area contributed by atoms with Crippen molar-refractivity contribution in [1.82, 2.24) is 15.0 Å². The highest BCUT2D eigenvalue weighted by atomic mass is 32.1. The van der Waals surface area contributed by atoms with Crippen molar-refractivity contribution in [3.05, 3.63) is 59.0 Å². The van der Waals surface area contributed by atoms with E-state index < -0.39 is 6.29 Å². The van der Waals surface area contributed by atoms with E-state index in [0.717, 1.165) is 76.3 Å². The van der Waals surface area contributed by atoms with E-state index in [4.69, 9.17) is 30.9 Å². The van der Waals surface area contributed by atoms with Gasteiger partial charge in [-0.25, -0.2) is 15.0 Å². The lowest BCUT2D eigenvalue weighted by molar-refractivity contribution is -0.0867. The molecule has 1 atom stereocenters. The van der Waals surface area contributed by atoms with Crippen molar-refractivity contribution in [2.45, 2.75) is 45.8 Å². The Bertz CT molecular complexity index is 1210. The van der Waals surface area contributed by atoms with Crippen molar-refractivity contribution in [3.63, 3.8) is 0 Å². The van der Waals surface area contributed by atoms with Gasteiger partial charge in [0.1, 0.15) is 11.5 Å². The zero-order chi connectivity index (χ0) is 28.3. The van der Waals surface area contributed by atoms with Crippen LogP contribution in [0.25, 0.3) is 11.3 Å². The van der Waals surface area contributed by atoms with E-state index in [9.17, 15) is 0 Å². The molecule has 216 valence electrons. The first-order chi connectivity index (χ1) is 19.5. The van der Waals surface area contributed by atoms with Crippen molar-refractivity contribution in [3.8, 4) is 22.8 Å². The average Bonchev–Trinajstić information content (AvgIpc) is 3.37. The molecule has 10 nitrogen and oxygen atoms in total. The molecule has 5 N–H and O–H groups in total. The number of morpholine rings is 1. The molecule has 3 aromatic rings. The van der Waals surface area contributed by atoms with E-state index in [1.54, 1.807) is 35.6 Å². The monoisotopic (exact) mass is 568 g/mol. The van der Waals surface area contributed by atoms with Crippen molar-refractivity contribution in [2.75, 3.05) is 45.1 Å². The summed E-state index contributed by atoms with van der Waals surface area (Å²) in [6.45, 7) is 9.57. The van der Waals surface area contributed by atoms with Crippen molar-refractivity contribution < 1.29 is 19.4 Å². The molecule has 2 aromatic carbocycles. The molecule has 0 spiro atoms. The van der Waals surface area contributed by atoms with Crippen LogP contribution in [0, 0.1) is 0 Å². The molecule has 0 radical (unpaired) electrons. The van der Waals surface area contributed by atoms with Crippen LogP contribution in [0.15, 0.2) is 53.7 Å². The highest BCUT2D eigenvalue weighted by Crippen LogP contribution is 2.32. The third-order valence-corrected chi connectivity index (χ3v) is 7.72. The Morgan fingerprint density at radius 1 is 1.10 bits per heavy atom. The van der Waals surface area contributed by atoms with Crippen molar-refractivity contribution in [1.29, 1.82) is 0 Å². The summed E-state index contributed by atoms with van der Waals surface area (Å²) in [6.07, 6.45) is 3.15. The van der Waals surface area contributed by atoms with Crippen LogP contribution < -0.4 is 20.9 Å². The largest absolute Gasteiger partial charge is 0.455 e. The first-order valence-corrected chi connectivity index (χ1v) is 14.7. The van der Waals surface area contributed by atoms with Crippen LogP contribution in [0.3, 0.4) is 0 Å². The fourth-order valence-corrected chi connectivity index (χ4v) is 5.44. The van der Waals surface area contributed by atoms with Gasteiger partial charge < -0.3 is 30.9 Å². The van der Waals surface area contributed by atoms with Gasteiger partial charge in [0.15, 0.2) is 11.0 Å². The van der Waals surface area contributed by atoms with Gasteiger partial charge in [-0.05, 0) is 61.4 Å². The van der Waals surface area contributed by atoms with Crippen molar-refractivity contribution in [2.24, 2.45) is 10.9 Å². The first kappa shape index (κ1) is 29.6. The van der Waals surface area contributed by atoms with Crippen LogP contribution in [0.4, 0.5) is 5.13 Å². The Balaban J connectivity index is 1.41. The second-order valence-electron chi connectivity index (χ2n) is 9.53. The second kappa shape index (κ2) is 14.8. The number of rotatable bonds is 14. The molecule has 0 saturated carbocycles. The summed E-state index contributed by atoms with van der Waals surface area (Å²) in [4.78, 5) is 5.83. The van der Waals surface area contributed by atoms with E-state index in [1.807, 2.05) is 24.3 Å². The van der Waals surface area contributed by atoms with Gasteiger partial charge in [-0.1, -0.05) is 25.4 Å². The van der Waals surface area contributed by atoms with Gasteiger partial charge in [-0.2, -0.15) is 0 Å². The Hall–Kier alpha value is -3.38. The molecule has 2 heterocycles. The molecule has 1 fully saturated rings. The fourth-order valence-electron chi connectivity index (χ4n) is 4.60. The second-order valence-corrected chi connectivity index (χ2v) is 10.6. The minimum atomic E-state index is -0.453. The number of thiazole rings is 1. The zero-order valence-electron chi connectivity index (χ0n) is 23.3. The van der Waals surface area contributed by atoms with Gasteiger partial charge in [0, 0.05) is 48.6 Å². The number of aromatic nitrogens is 1. The van der Waals surface area contributed by atoms with E-state index in [1.165, 1.54) is 4.88 Å². The topological polar surface area (TPSA) is 132 Å². The maximum atomic E-state index is 8.88. The molecule has 0 amide bonds. The van der Waals surface area contributed by atoms with Gasteiger partial charge in [-0.15, -0.1) is 11.3 Å². The zero-order valence-corrected chi connectivity index (χ0v) is 24.1. The number of oxime groups is 1. The smallest absolute Gasteiger partial charge is 0.241 e. The number of benzene rings is 2. The average molecular weight is 569 g/mol. The third kappa shape index (κ3) is 8.07. The van der Waals surface area contributed by atoms with Gasteiger partial charge >= 0.3 is 0 Å². The molecule has 1 aliphatic heterocycles. The molecule has 1 aliphatic rings. The number of hydrogen-bond donors (Lipinski definition) is 3. The number of unbranched alkanes of at least 4 members (excludes halogenated alkanes) is 1. The normalized spacial score (nSPS) is 15.3. The quantitative estimate of drug-likeness (QED) is 0.0841. The Morgan fingerprint density at radius 2 is 1.75 bits per heavy atom. The van der Waals surface area contributed by atoms with Crippen LogP contribution in [-0.4, -0.2) is 71.7 Å². The highest BCUT2D eigenvalue weighted by Gasteiger charge is 2.19. The minimum absolute atomic E-state index is 0.0511. The number of nitrogens with zero attached hydrogens (tertiary/aromatic N) is 4. The number of nitrogen functional groups attached to an aromatic ring is 1. The fraction of sp³-hybridized carbons (Fsp3) is 0.448. The summed E-state index contributed by atoms with van der Waals surface area (Å²) in [5.41, 5.74) is 14.4. The SMILES string of the molecule is CCCCC(Oc1ccc(C(N)=NO)cc1)Oc1ccc(-c2nc(N)sc2CCN(CC)N2CCOCC2)cc1. The van der Waals surface area contributed by atoms with E-state index >= 15 is 0 Å². The molecule has 4 rings (SSSR count). The molecular weight excluding hydrogens is 528 g/mol. The van der Waals surface area contributed by atoms with Crippen LogP contribution in [0.1, 0.15) is 43.6 Å². The lowest BCUT2D eigenvalue weighted by Crippen LogP contribution is -2.49. The summed E-state index contributed by atoms with van der Waals surface area (Å²) in [5, 5.41) is 17.2. The van der Waals surface area contributed by atoms with Crippen LogP contribution in [-0.2, 0) is 11.2 Å². The number of anilines is 1. The number of ether oxygens (including phenoxy) is 3. The van der Waals surface area contributed by atoms with Crippen LogP contribution in [0.2, 0.25) is 0 Å². The Kier molecular flexibility index (Phi) is 11.0. The number of hydrogen-bond acceptors (Lipinski definition) is 10. The number of amidine groups is 1. The number of likely N-dealkylation sites (N-methyl/N-ethyl adjacent to an activating group) is 1. The maximum Gasteiger partial charge on any atom is 0.241 e. The van der Waals surface area contributed by atoms with E-state index in [-0.39, 0.29) is 5.84 Å². The van der Waals surface area contributed by atoms with Crippen LogP contribution >= 0.6 is 11.3 Å². The highest BCUT2D eigenvalue weighted by molar-refractivity contribution is 7.15. The Morgan fingerprint density at radius 3 is 2.35 bits per heavy atom. The lowest BCUT2D eigenvalue weighted by Gasteiger charge is -2.36. The number of hydrazine groups is 1. The summed E-state index contributed by atoms with van der Waals surface area (Å²) in [7, 11) is 0. The van der Waals surface area contributed by atoms with Gasteiger partial charge in [0.05, 0.1) is 18.9 Å². The Labute approximate surface area is 240 Å². The molecule has 1 aromatic heterocycles. The lowest BCUT2D eigenvalue weighted by atomic mass is 10.1. The van der Waals surface area contributed by atoms with E-state index in [2.05, 4.69) is 34.0 Å². The molecule has 0 bridgehead atoms. The van der Waals surface area contributed by atoms with Gasteiger partial charge in [-0.3, -0.25) is 0 Å². The summed E-state index contributed by atoms with van der Waals surface area (Å²) in [6, 6.07) is 15.0. The summed E-state index contributed by atoms with van der Waals surface area (Å²) >= 11 is 1.55. The van der Waals surface area contributed by atoms with Gasteiger partial charge in [0.2, 0.25) is 6.29 Å². The van der Waals surface area contributed by atoms with Crippen LogP contribution in [0.5, 0.6) is 11.5 Å². The molecule has 1 saturated heterocycles.